The van der Waals surface area contributed by atoms with E-state index in [-0.39, 0.29) is 0 Å². The van der Waals surface area contributed by atoms with Crippen LogP contribution < -0.4 is 0 Å². The molecule has 4 heteroatoms. The quantitative estimate of drug-likeness (QED) is 0.166. The van der Waals surface area contributed by atoms with Gasteiger partial charge in [0.1, 0.15) is 0 Å². The van der Waals surface area contributed by atoms with Crippen molar-refractivity contribution in [2.24, 2.45) is 0 Å². The summed E-state index contributed by atoms with van der Waals surface area (Å²) in [5, 5.41) is 2.54. The molecule has 0 saturated heterocycles. The Morgan fingerprint density at radius 1 is 0.382 bits per heavy atom. The van der Waals surface area contributed by atoms with E-state index in [1.807, 2.05) is 60.7 Å². The van der Waals surface area contributed by atoms with Crippen molar-refractivity contribution < 1.29 is 0 Å². The molecule has 1 aliphatic rings. The number of fused-ring (bicyclic) bond motifs is 3. The van der Waals surface area contributed by atoms with Crippen molar-refractivity contribution in [1.82, 2.24) is 19.5 Å². The van der Waals surface area contributed by atoms with E-state index in [1.54, 1.807) is 0 Å². The molecule has 2 heterocycles. The van der Waals surface area contributed by atoms with E-state index in [2.05, 4.69) is 138 Å². The first-order chi connectivity index (χ1) is 27.3. The SMILES string of the molecule is C1=CCCC(n2c3ccccc3c3cc(-c4ccc(-c5cccc(-c6nc(-c7ccccc7)nc(-c7ccccc7)n6)c5)c(-c5ccccc5)c4)ccc32)=C1. The Morgan fingerprint density at radius 3 is 1.64 bits per heavy atom. The molecule has 4 nitrogen and oxygen atoms in total. The minimum absolute atomic E-state index is 0.639. The van der Waals surface area contributed by atoms with Crippen molar-refractivity contribution in [3.05, 3.63) is 194 Å². The fraction of sp³-hybridized carbons (Fsp3) is 0.0392. The van der Waals surface area contributed by atoms with Crippen LogP contribution in [0.5, 0.6) is 0 Å². The molecule has 0 amide bonds. The molecule has 0 unspecified atom stereocenters. The van der Waals surface area contributed by atoms with Crippen molar-refractivity contribution >= 4 is 27.5 Å². The van der Waals surface area contributed by atoms with E-state index in [0.717, 1.165) is 46.2 Å². The summed E-state index contributed by atoms with van der Waals surface area (Å²) in [6, 6.07) is 62.1. The lowest BCUT2D eigenvalue weighted by molar-refractivity contribution is 0.979. The molecular weight excluding hydrogens is 669 g/mol. The fourth-order valence-corrected chi connectivity index (χ4v) is 7.83. The largest absolute Gasteiger partial charge is 0.313 e. The Labute approximate surface area is 320 Å². The molecule has 9 aromatic rings. The number of benzene rings is 7. The zero-order valence-electron chi connectivity index (χ0n) is 30.2. The summed E-state index contributed by atoms with van der Waals surface area (Å²) < 4.78 is 2.45. The van der Waals surface area contributed by atoms with E-state index in [0.29, 0.717) is 17.5 Å². The van der Waals surface area contributed by atoms with Gasteiger partial charge in [-0.15, -0.1) is 0 Å². The summed E-state index contributed by atoms with van der Waals surface area (Å²) in [7, 11) is 0. The van der Waals surface area contributed by atoms with Gasteiger partial charge in [-0.25, -0.2) is 15.0 Å². The van der Waals surface area contributed by atoms with Crippen LogP contribution in [0.1, 0.15) is 12.8 Å². The second kappa shape index (κ2) is 14.0. The van der Waals surface area contributed by atoms with E-state index in [9.17, 15) is 0 Å². The number of hydrogen-bond donors (Lipinski definition) is 0. The van der Waals surface area contributed by atoms with E-state index in [1.165, 1.54) is 44.2 Å². The molecule has 0 radical (unpaired) electrons. The minimum atomic E-state index is 0.639. The second-order valence-corrected chi connectivity index (χ2v) is 14.0. The summed E-state index contributed by atoms with van der Waals surface area (Å²) in [6.45, 7) is 0. The zero-order chi connectivity index (χ0) is 36.6. The molecule has 7 aromatic carbocycles. The number of para-hydroxylation sites is 1. The third-order valence-electron chi connectivity index (χ3n) is 10.5. The van der Waals surface area contributed by atoms with Crippen LogP contribution in [-0.2, 0) is 0 Å². The number of rotatable bonds is 7. The van der Waals surface area contributed by atoms with Crippen LogP contribution in [0, 0.1) is 0 Å². The predicted octanol–water partition coefficient (Wildman–Crippen LogP) is 13.2. The van der Waals surface area contributed by atoms with Crippen molar-refractivity contribution in [2.75, 3.05) is 0 Å². The van der Waals surface area contributed by atoms with Crippen LogP contribution in [-0.4, -0.2) is 19.5 Å². The Hall–Kier alpha value is -7.17. The molecule has 0 atom stereocenters. The zero-order valence-corrected chi connectivity index (χ0v) is 30.2. The highest BCUT2D eigenvalue weighted by molar-refractivity contribution is 6.11. The Morgan fingerprint density at radius 2 is 0.945 bits per heavy atom. The first-order valence-corrected chi connectivity index (χ1v) is 18.8. The van der Waals surface area contributed by atoms with Crippen molar-refractivity contribution in [3.8, 4) is 67.5 Å². The third-order valence-corrected chi connectivity index (χ3v) is 10.5. The highest BCUT2D eigenvalue weighted by atomic mass is 15.0. The number of aromatic nitrogens is 4. The van der Waals surface area contributed by atoms with Gasteiger partial charge >= 0.3 is 0 Å². The highest BCUT2D eigenvalue weighted by Gasteiger charge is 2.18. The van der Waals surface area contributed by atoms with Crippen molar-refractivity contribution in [3.63, 3.8) is 0 Å². The number of hydrogen-bond acceptors (Lipinski definition) is 3. The highest BCUT2D eigenvalue weighted by Crippen LogP contribution is 2.40. The van der Waals surface area contributed by atoms with Gasteiger partial charge in [-0.2, -0.15) is 0 Å². The van der Waals surface area contributed by atoms with Gasteiger partial charge in [0.25, 0.3) is 0 Å². The summed E-state index contributed by atoms with van der Waals surface area (Å²) in [6.07, 6.45) is 8.79. The van der Waals surface area contributed by atoms with Crippen LogP contribution in [0.4, 0.5) is 0 Å². The predicted molar refractivity (Wildman–Crippen MR) is 228 cm³/mol. The van der Waals surface area contributed by atoms with Gasteiger partial charge in [0.05, 0.1) is 11.0 Å². The van der Waals surface area contributed by atoms with Gasteiger partial charge in [-0.05, 0) is 82.6 Å². The summed E-state index contributed by atoms with van der Waals surface area (Å²) in [4.78, 5) is 14.9. The van der Waals surface area contributed by atoms with Crippen molar-refractivity contribution in [1.29, 1.82) is 0 Å². The van der Waals surface area contributed by atoms with Crippen LogP contribution in [0.15, 0.2) is 194 Å². The third kappa shape index (κ3) is 6.14. The Bertz CT molecular complexity index is 2850. The van der Waals surface area contributed by atoms with Crippen LogP contribution >= 0.6 is 0 Å². The Balaban J connectivity index is 1.10. The van der Waals surface area contributed by atoms with Gasteiger partial charge in [0.15, 0.2) is 17.5 Å². The van der Waals surface area contributed by atoms with E-state index in [4.69, 9.17) is 15.0 Å². The molecule has 1 aliphatic carbocycles. The monoisotopic (exact) mass is 704 g/mol. The van der Waals surface area contributed by atoms with Gasteiger partial charge < -0.3 is 4.57 Å². The lowest BCUT2D eigenvalue weighted by Crippen LogP contribution is -2.00. The number of nitrogens with zero attached hydrogens (tertiary/aromatic N) is 4. The smallest absolute Gasteiger partial charge is 0.164 e. The van der Waals surface area contributed by atoms with E-state index < -0.39 is 0 Å². The maximum atomic E-state index is 5.02. The van der Waals surface area contributed by atoms with Gasteiger partial charge in [-0.3, -0.25) is 0 Å². The van der Waals surface area contributed by atoms with Crippen LogP contribution in [0.25, 0.3) is 95.0 Å². The molecule has 10 rings (SSSR count). The molecule has 0 fully saturated rings. The Kier molecular flexibility index (Phi) is 8.27. The van der Waals surface area contributed by atoms with Gasteiger partial charge in [-0.1, -0.05) is 158 Å². The lowest BCUT2D eigenvalue weighted by atomic mass is 9.90. The van der Waals surface area contributed by atoms with Crippen LogP contribution in [0.3, 0.4) is 0 Å². The fourth-order valence-electron chi connectivity index (χ4n) is 7.83. The first-order valence-electron chi connectivity index (χ1n) is 18.8. The molecule has 0 aliphatic heterocycles. The average Bonchev–Trinajstić information content (AvgIpc) is 3.61. The normalized spacial score (nSPS) is 12.6. The standard InChI is InChI=1S/C51H36N4/c1-5-16-35(17-6-1)45-33-38(39-29-31-48-46(34-39)44-26-13-14-27-47(44)55(48)42-24-11-4-12-25-42)28-30-43(45)40-22-15-23-41(32-40)51-53-49(36-18-7-2-8-19-36)52-50(54-51)37-20-9-3-10-21-37/h1-11,13-24,26-34H,12,25H2. The maximum Gasteiger partial charge on any atom is 0.164 e. The molecule has 2 aromatic heterocycles. The summed E-state index contributed by atoms with van der Waals surface area (Å²) in [5.74, 6) is 1.94. The molecule has 55 heavy (non-hydrogen) atoms. The number of allylic oxidation sites excluding steroid dienone is 4. The minimum Gasteiger partial charge on any atom is -0.313 e. The average molecular weight is 705 g/mol. The van der Waals surface area contributed by atoms with E-state index >= 15 is 0 Å². The molecule has 0 bridgehead atoms. The topological polar surface area (TPSA) is 43.6 Å². The first kappa shape index (κ1) is 32.5. The second-order valence-electron chi connectivity index (χ2n) is 14.0. The molecule has 0 N–H and O–H groups in total. The summed E-state index contributed by atoms with van der Waals surface area (Å²) in [5.41, 5.74) is 13.6. The van der Waals surface area contributed by atoms with Gasteiger partial charge in [0.2, 0.25) is 0 Å². The maximum absolute atomic E-state index is 5.02. The van der Waals surface area contributed by atoms with Crippen molar-refractivity contribution in [2.45, 2.75) is 12.8 Å². The van der Waals surface area contributed by atoms with Gasteiger partial charge in [0, 0.05) is 33.2 Å². The summed E-state index contributed by atoms with van der Waals surface area (Å²) >= 11 is 0. The molecule has 0 spiro atoms. The molecule has 0 saturated carbocycles. The lowest BCUT2D eigenvalue weighted by Gasteiger charge is -2.15. The molecule has 260 valence electrons. The molecular formula is C51H36N4. The van der Waals surface area contributed by atoms with Crippen LogP contribution in [0.2, 0.25) is 0 Å².